The lowest BCUT2D eigenvalue weighted by molar-refractivity contribution is -0.142. The van der Waals surface area contributed by atoms with Crippen LogP contribution in [0.25, 0.3) is 0 Å². The number of carbonyl (C=O) groups is 1. The van der Waals surface area contributed by atoms with Gasteiger partial charge in [-0.3, -0.25) is 4.79 Å². The van der Waals surface area contributed by atoms with Gasteiger partial charge in [-0.15, -0.1) is 11.3 Å². The summed E-state index contributed by atoms with van der Waals surface area (Å²) in [6, 6.07) is 0. The van der Waals surface area contributed by atoms with Gasteiger partial charge < -0.3 is 23.8 Å². The van der Waals surface area contributed by atoms with Crippen molar-refractivity contribution in [2.45, 2.75) is 20.0 Å². The molecule has 0 spiro atoms. The van der Waals surface area contributed by atoms with Gasteiger partial charge in [-0.05, 0) is 13.8 Å². The molecule has 1 aromatic rings. The molecule has 22 heavy (non-hydrogen) atoms. The zero-order chi connectivity index (χ0) is 16.1. The van der Waals surface area contributed by atoms with Crippen molar-refractivity contribution in [3.05, 3.63) is 9.75 Å². The molecule has 1 unspecified atom stereocenters. The van der Waals surface area contributed by atoms with Gasteiger partial charge in [0.2, 0.25) is 6.10 Å². The van der Waals surface area contributed by atoms with E-state index in [4.69, 9.17) is 18.9 Å². The molecule has 1 amide bonds. The fourth-order valence-electron chi connectivity index (χ4n) is 2.34. The molecular weight excluding hydrogens is 306 g/mol. The number of fused-ring (bicyclic) bond motifs is 1. The first-order valence-electron chi connectivity index (χ1n) is 7.24. The summed E-state index contributed by atoms with van der Waals surface area (Å²) in [5.41, 5.74) is 0. The van der Waals surface area contributed by atoms with Crippen LogP contribution in [0.15, 0.2) is 0 Å². The number of hydrogen-bond donors (Lipinski definition) is 0. The molecule has 0 fully saturated rings. The van der Waals surface area contributed by atoms with Crippen LogP contribution >= 0.6 is 11.3 Å². The van der Waals surface area contributed by atoms with Gasteiger partial charge >= 0.3 is 0 Å². The van der Waals surface area contributed by atoms with Gasteiger partial charge in [0.25, 0.3) is 5.91 Å². The maximum Gasteiger partial charge on any atom is 0.267 e. The lowest BCUT2D eigenvalue weighted by Gasteiger charge is -2.30. The summed E-state index contributed by atoms with van der Waals surface area (Å²) in [5.74, 6) is 1.38. The van der Waals surface area contributed by atoms with Gasteiger partial charge in [-0.2, -0.15) is 0 Å². The smallest absolute Gasteiger partial charge is 0.267 e. The Kier molecular flexibility index (Phi) is 6.05. The van der Waals surface area contributed by atoms with Gasteiger partial charge in [0.05, 0.1) is 13.2 Å². The molecule has 6 nitrogen and oxygen atoms in total. The van der Waals surface area contributed by atoms with E-state index in [1.165, 1.54) is 0 Å². The van der Waals surface area contributed by atoms with Crippen molar-refractivity contribution >= 4 is 17.2 Å². The topological polar surface area (TPSA) is 57.2 Å². The summed E-state index contributed by atoms with van der Waals surface area (Å²) in [6.45, 7) is 6.17. The SMILES string of the molecule is COCCN(CCOC)C(=O)C1COc2c(C)sc(C)c2O1. The van der Waals surface area contributed by atoms with Crippen molar-refractivity contribution in [3.63, 3.8) is 0 Å². The van der Waals surface area contributed by atoms with Gasteiger partial charge in [0.1, 0.15) is 6.61 Å². The Morgan fingerprint density at radius 3 is 2.36 bits per heavy atom. The minimum atomic E-state index is -0.617. The number of methoxy groups -OCH3 is 2. The van der Waals surface area contributed by atoms with Gasteiger partial charge in [-0.25, -0.2) is 0 Å². The summed E-state index contributed by atoms with van der Waals surface area (Å²) in [6.07, 6.45) is -0.617. The summed E-state index contributed by atoms with van der Waals surface area (Å²) in [7, 11) is 3.23. The standard InChI is InChI=1S/C15H23NO5S/c1-10-13-14(11(2)22-10)21-12(9-20-13)15(17)16(5-7-18-3)6-8-19-4/h12H,5-9H2,1-4H3. The van der Waals surface area contributed by atoms with E-state index in [0.717, 1.165) is 15.5 Å². The fourth-order valence-corrected chi connectivity index (χ4v) is 3.28. The van der Waals surface area contributed by atoms with E-state index in [0.29, 0.717) is 32.1 Å². The molecule has 1 aliphatic rings. The Morgan fingerprint density at radius 1 is 1.18 bits per heavy atom. The molecule has 1 aliphatic heterocycles. The second kappa shape index (κ2) is 7.80. The number of hydrogen-bond acceptors (Lipinski definition) is 6. The van der Waals surface area contributed by atoms with Crippen LogP contribution in [-0.4, -0.2) is 64.0 Å². The largest absolute Gasteiger partial charge is 0.484 e. The summed E-state index contributed by atoms with van der Waals surface area (Å²) in [5, 5.41) is 0. The Morgan fingerprint density at radius 2 is 1.77 bits per heavy atom. The van der Waals surface area contributed by atoms with Crippen LogP contribution in [0, 0.1) is 13.8 Å². The Bertz CT molecular complexity index is 508. The highest BCUT2D eigenvalue weighted by Crippen LogP contribution is 2.43. The number of aryl methyl sites for hydroxylation is 2. The van der Waals surface area contributed by atoms with Crippen LogP contribution in [0.3, 0.4) is 0 Å². The molecule has 2 heterocycles. The van der Waals surface area contributed by atoms with E-state index in [9.17, 15) is 4.79 Å². The zero-order valence-corrected chi connectivity index (χ0v) is 14.3. The van der Waals surface area contributed by atoms with Crippen LogP contribution in [-0.2, 0) is 14.3 Å². The maximum absolute atomic E-state index is 12.7. The first kappa shape index (κ1) is 17.1. The first-order valence-corrected chi connectivity index (χ1v) is 8.06. The molecule has 0 bridgehead atoms. The van der Waals surface area contributed by atoms with Crippen molar-refractivity contribution in [2.75, 3.05) is 47.1 Å². The molecule has 1 aromatic heterocycles. The average Bonchev–Trinajstić information content (AvgIpc) is 2.81. The van der Waals surface area contributed by atoms with Crippen LogP contribution < -0.4 is 9.47 Å². The lowest BCUT2D eigenvalue weighted by Crippen LogP contribution is -2.48. The van der Waals surface area contributed by atoms with Crippen molar-refractivity contribution in [2.24, 2.45) is 0 Å². The Balaban J connectivity index is 2.06. The third kappa shape index (κ3) is 3.71. The lowest BCUT2D eigenvalue weighted by atomic mass is 10.2. The molecule has 0 aromatic carbocycles. The van der Waals surface area contributed by atoms with Gasteiger partial charge in [0, 0.05) is 37.1 Å². The molecule has 0 N–H and O–H groups in total. The van der Waals surface area contributed by atoms with Crippen molar-refractivity contribution in [1.29, 1.82) is 0 Å². The molecule has 1 atom stereocenters. The number of nitrogens with zero attached hydrogens (tertiary/aromatic N) is 1. The second-order valence-electron chi connectivity index (χ2n) is 5.10. The molecule has 0 aliphatic carbocycles. The van der Waals surface area contributed by atoms with E-state index in [1.807, 2.05) is 13.8 Å². The van der Waals surface area contributed by atoms with E-state index < -0.39 is 6.10 Å². The van der Waals surface area contributed by atoms with E-state index in [-0.39, 0.29) is 12.5 Å². The van der Waals surface area contributed by atoms with Crippen LogP contribution in [0.4, 0.5) is 0 Å². The number of rotatable bonds is 7. The molecular formula is C15H23NO5S. The highest BCUT2D eigenvalue weighted by Gasteiger charge is 2.33. The fraction of sp³-hybridized carbons (Fsp3) is 0.667. The van der Waals surface area contributed by atoms with Crippen molar-refractivity contribution < 1.29 is 23.7 Å². The number of carbonyl (C=O) groups excluding carboxylic acids is 1. The minimum Gasteiger partial charge on any atom is -0.484 e. The average molecular weight is 329 g/mol. The van der Waals surface area contributed by atoms with Crippen LogP contribution in [0.1, 0.15) is 9.75 Å². The summed E-state index contributed by atoms with van der Waals surface area (Å²) in [4.78, 5) is 16.5. The molecule has 0 saturated carbocycles. The van der Waals surface area contributed by atoms with Gasteiger partial charge in [0.15, 0.2) is 11.5 Å². The van der Waals surface area contributed by atoms with E-state index in [1.54, 1.807) is 30.5 Å². The van der Waals surface area contributed by atoms with E-state index in [2.05, 4.69) is 0 Å². The predicted octanol–water partition coefficient (Wildman–Crippen LogP) is 1.63. The quantitative estimate of drug-likeness (QED) is 0.761. The van der Waals surface area contributed by atoms with Crippen molar-refractivity contribution in [1.82, 2.24) is 4.90 Å². The summed E-state index contributed by atoms with van der Waals surface area (Å²) >= 11 is 1.62. The Hall–Kier alpha value is -1.31. The number of ether oxygens (including phenoxy) is 4. The monoisotopic (exact) mass is 329 g/mol. The van der Waals surface area contributed by atoms with E-state index >= 15 is 0 Å². The third-order valence-electron chi connectivity index (χ3n) is 3.51. The molecule has 124 valence electrons. The van der Waals surface area contributed by atoms with Crippen LogP contribution in [0.5, 0.6) is 11.5 Å². The highest BCUT2D eigenvalue weighted by atomic mass is 32.1. The predicted molar refractivity (Wildman–Crippen MR) is 84.0 cm³/mol. The second-order valence-corrected chi connectivity index (χ2v) is 6.53. The maximum atomic E-state index is 12.7. The zero-order valence-electron chi connectivity index (χ0n) is 13.5. The number of amides is 1. The molecule has 0 saturated heterocycles. The molecule has 2 rings (SSSR count). The highest BCUT2D eigenvalue weighted by molar-refractivity contribution is 7.12. The third-order valence-corrected chi connectivity index (χ3v) is 4.49. The van der Waals surface area contributed by atoms with Gasteiger partial charge in [-0.1, -0.05) is 0 Å². The van der Waals surface area contributed by atoms with Crippen LogP contribution in [0.2, 0.25) is 0 Å². The Labute approximate surface area is 134 Å². The molecule has 0 radical (unpaired) electrons. The minimum absolute atomic E-state index is 0.0944. The molecule has 7 heteroatoms. The number of thiophene rings is 1. The summed E-state index contributed by atoms with van der Waals surface area (Å²) < 4.78 is 21.8. The first-order chi connectivity index (χ1) is 10.6. The van der Waals surface area contributed by atoms with Crippen molar-refractivity contribution in [3.8, 4) is 11.5 Å². The normalized spacial score (nSPS) is 16.6.